The van der Waals surface area contributed by atoms with E-state index in [1.165, 1.54) is 0 Å². The maximum atomic E-state index is 13.0. The van der Waals surface area contributed by atoms with Crippen LogP contribution in [0.25, 0.3) is 0 Å². The predicted molar refractivity (Wildman–Crippen MR) is 66.7 cm³/mol. The van der Waals surface area contributed by atoms with E-state index in [4.69, 9.17) is 0 Å². The molecule has 0 heterocycles. The summed E-state index contributed by atoms with van der Waals surface area (Å²) in [7, 11) is 0. The van der Waals surface area contributed by atoms with Crippen LogP contribution in [0.1, 0.15) is 42.5 Å². The molecule has 2 N–H and O–H groups in total. The lowest BCUT2D eigenvalue weighted by molar-refractivity contribution is 0.00525. The first kappa shape index (κ1) is 13.9. The number of hydrogen-bond acceptors (Lipinski definition) is 2. The quantitative estimate of drug-likeness (QED) is 0.885. The smallest absolute Gasteiger partial charge is 0.251 e. The number of rotatable bonds is 3. The molecule has 3 nitrogen and oxygen atoms in total. The van der Waals surface area contributed by atoms with Crippen LogP contribution in [0.15, 0.2) is 18.2 Å². The molecular formula is C14H17F2NO2. The largest absolute Gasteiger partial charge is 0.388 e. The molecule has 5 heteroatoms. The molecule has 0 spiro atoms. The molecule has 0 unspecified atom stereocenters. The minimum atomic E-state index is -0.889. The maximum Gasteiger partial charge on any atom is 0.251 e. The van der Waals surface area contributed by atoms with Crippen molar-refractivity contribution in [3.8, 4) is 0 Å². The molecule has 1 aliphatic carbocycles. The van der Waals surface area contributed by atoms with Gasteiger partial charge in [0.1, 0.15) is 11.6 Å². The molecule has 1 aromatic rings. The zero-order valence-electron chi connectivity index (χ0n) is 10.6. The van der Waals surface area contributed by atoms with Crippen molar-refractivity contribution in [1.29, 1.82) is 0 Å². The van der Waals surface area contributed by atoms with Crippen molar-refractivity contribution in [3.05, 3.63) is 35.4 Å². The molecule has 1 aliphatic rings. The first-order valence-electron chi connectivity index (χ1n) is 6.45. The van der Waals surface area contributed by atoms with Crippen LogP contribution in [0, 0.1) is 11.6 Å². The first-order valence-corrected chi connectivity index (χ1v) is 6.45. The van der Waals surface area contributed by atoms with E-state index in [2.05, 4.69) is 5.32 Å². The Morgan fingerprint density at radius 2 is 1.74 bits per heavy atom. The summed E-state index contributed by atoms with van der Waals surface area (Å²) < 4.78 is 26.0. The molecule has 2 rings (SSSR count). The van der Waals surface area contributed by atoms with Crippen molar-refractivity contribution >= 4 is 5.91 Å². The highest BCUT2D eigenvalue weighted by atomic mass is 19.1. The van der Waals surface area contributed by atoms with Crippen molar-refractivity contribution in [1.82, 2.24) is 5.32 Å². The van der Waals surface area contributed by atoms with Gasteiger partial charge in [-0.1, -0.05) is 19.3 Å². The van der Waals surface area contributed by atoms with Crippen LogP contribution >= 0.6 is 0 Å². The predicted octanol–water partition coefficient (Wildman–Crippen LogP) is 2.39. The summed E-state index contributed by atoms with van der Waals surface area (Å²) in [6.07, 6.45) is 4.24. The molecule has 1 saturated carbocycles. The number of hydrogen-bond donors (Lipinski definition) is 2. The molecule has 0 aromatic heterocycles. The molecule has 0 bridgehead atoms. The van der Waals surface area contributed by atoms with E-state index >= 15 is 0 Å². The molecule has 0 aliphatic heterocycles. The minimum Gasteiger partial charge on any atom is -0.388 e. The third-order valence-corrected chi connectivity index (χ3v) is 3.49. The number of halogens is 2. The normalized spacial score (nSPS) is 18.1. The van der Waals surface area contributed by atoms with E-state index in [0.29, 0.717) is 18.9 Å². The standard InChI is InChI=1S/C14H17F2NO2/c15-11-6-10(7-12(16)8-11)13(18)17-9-14(19)4-2-1-3-5-14/h6-8,19H,1-5,9H2,(H,17,18). The van der Waals surface area contributed by atoms with Crippen molar-refractivity contribution in [2.75, 3.05) is 6.54 Å². The SMILES string of the molecule is O=C(NCC1(O)CCCCC1)c1cc(F)cc(F)c1. The van der Waals surface area contributed by atoms with Crippen LogP contribution in [-0.2, 0) is 0 Å². The monoisotopic (exact) mass is 269 g/mol. The lowest BCUT2D eigenvalue weighted by Gasteiger charge is -2.32. The van der Waals surface area contributed by atoms with Crippen LogP contribution < -0.4 is 5.32 Å². The molecule has 0 saturated heterocycles. The van der Waals surface area contributed by atoms with Gasteiger partial charge in [0.15, 0.2) is 0 Å². The second-order valence-electron chi connectivity index (χ2n) is 5.13. The summed E-state index contributed by atoms with van der Waals surface area (Å²) in [5.41, 5.74) is -0.961. The summed E-state index contributed by atoms with van der Waals surface area (Å²) >= 11 is 0. The number of amides is 1. The van der Waals surface area contributed by atoms with Gasteiger partial charge in [-0.3, -0.25) is 4.79 Å². The number of nitrogens with one attached hydrogen (secondary N) is 1. The summed E-state index contributed by atoms with van der Waals surface area (Å²) in [5.74, 6) is -2.15. The van der Waals surface area contributed by atoms with Crippen molar-refractivity contribution < 1.29 is 18.7 Å². The highest BCUT2D eigenvalue weighted by Gasteiger charge is 2.29. The second kappa shape index (κ2) is 5.65. The van der Waals surface area contributed by atoms with E-state index in [9.17, 15) is 18.7 Å². The van der Waals surface area contributed by atoms with Gasteiger partial charge in [-0.05, 0) is 25.0 Å². The fourth-order valence-electron chi connectivity index (χ4n) is 2.42. The van der Waals surface area contributed by atoms with Gasteiger partial charge in [-0.2, -0.15) is 0 Å². The molecule has 1 fully saturated rings. The van der Waals surface area contributed by atoms with E-state index in [0.717, 1.165) is 31.4 Å². The van der Waals surface area contributed by atoms with Crippen LogP contribution in [0.4, 0.5) is 8.78 Å². The molecule has 104 valence electrons. The Bertz CT molecular complexity index is 450. The highest BCUT2D eigenvalue weighted by molar-refractivity contribution is 5.94. The van der Waals surface area contributed by atoms with Crippen LogP contribution in [0.2, 0.25) is 0 Å². The second-order valence-corrected chi connectivity index (χ2v) is 5.13. The minimum absolute atomic E-state index is 0.0723. The Morgan fingerprint density at radius 1 is 1.16 bits per heavy atom. The van der Waals surface area contributed by atoms with Crippen molar-refractivity contribution in [2.45, 2.75) is 37.7 Å². The Balaban J connectivity index is 1.97. The Morgan fingerprint density at radius 3 is 2.32 bits per heavy atom. The first-order chi connectivity index (χ1) is 8.98. The average molecular weight is 269 g/mol. The van der Waals surface area contributed by atoms with Gasteiger partial charge < -0.3 is 10.4 Å². The number of benzene rings is 1. The van der Waals surface area contributed by atoms with E-state index < -0.39 is 23.1 Å². The topological polar surface area (TPSA) is 49.3 Å². The summed E-state index contributed by atoms with van der Waals surface area (Å²) in [6.45, 7) is 0.115. The number of carbonyl (C=O) groups is 1. The summed E-state index contributed by atoms with van der Waals surface area (Å²) in [5, 5.41) is 12.8. The van der Waals surface area contributed by atoms with E-state index in [1.54, 1.807) is 0 Å². The third kappa shape index (κ3) is 3.73. The third-order valence-electron chi connectivity index (χ3n) is 3.49. The zero-order valence-corrected chi connectivity index (χ0v) is 10.6. The average Bonchev–Trinajstić information content (AvgIpc) is 2.36. The Kier molecular flexibility index (Phi) is 4.14. The van der Waals surface area contributed by atoms with Gasteiger partial charge >= 0.3 is 0 Å². The molecule has 0 radical (unpaired) electrons. The highest BCUT2D eigenvalue weighted by Crippen LogP contribution is 2.27. The van der Waals surface area contributed by atoms with Crippen molar-refractivity contribution in [2.24, 2.45) is 0 Å². The lowest BCUT2D eigenvalue weighted by atomic mass is 9.85. The fourth-order valence-corrected chi connectivity index (χ4v) is 2.42. The Labute approximate surface area is 110 Å². The Hall–Kier alpha value is -1.49. The van der Waals surface area contributed by atoms with Crippen LogP contribution in [-0.4, -0.2) is 23.2 Å². The summed E-state index contributed by atoms with van der Waals surface area (Å²) in [6, 6.07) is 2.66. The van der Waals surface area contributed by atoms with E-state index in [1.807, 2.05) is 0 Å². The van der Waals surface area contributed by atoms with Gasteiger partial charge in [0.25, 0.3) is 5.91 Å². The van der Waals surface area contributed by atoms with E-state index in [-0.39, 0.29) is 12.1 Å². The number of carbonyl (C=O) groups excluding carboxylic acids is 1. The summed E-state index contributed by atoms with van der Waals surface area (Å²) in [4.78, 5) is 11.8. The van der Waals surface area contributed by atoms with Crippen molar-refractivity contribution in [3.63, 3.8) is 0 Å². The molecule has 19 heavy (non-hydrogen) atoms. The van der Waals surface area contributed by atoms with Gasteiger partial charge in [-0.25, -0.2) is 8.78 Å². The van der Waals surface area contributed by atoms with Gasteiger partial charge in [0, 0.05) is 18.2 Å². The molecule has 1 aromatic carbocycles. The van der Waals surface area contributed by atoms with Crippen LogP contribution in [0.5, 0.6) is 0 Å². The van der Waals surface area contributed by atoms with Crippen LogP contribution in [0.3, 0.4) is 0 Å². The molecule has 1 amide bonds. The lowest BCUT2D eigenvalue weighted by Crippen LogP contribution is -2.44. The fraction of sp³-hybridized carbons (Fsp3) is 0.500. The van der Waals surface area contributed by atoms with Gasteiger partial charge in [0.2, 0.25) is 0 Å². The molecular weight excluding hydrogens is 252 g/mol. The maximum absolute atomic E-state index is 13.0. The van der Waals surface area contributed by atoms with Gasteiger partial charge in [0.05, 0.1) is 5.60 Å². The number of aliphatic hydroxyl groups is 1. The van der Waals surface area contributed by atoms with Gasteiger partial charge in [-0.15, -0.1) is 0 Å². The molecule has 0 atom stereocenters. The zero-order chi connectivity index (χ0) is 13.9.